The summed E-state index contributed by atoms with van der Waals surface area (Å²) in [5, 5.41) is 6.40. The molecule has 0 amide bonds. The number of guanidine groups is 1. The van der Waals surface area contributed by atoms with Gasteiger partial charge in [0.2, 0.25) is 5.88 Å². The van der Waals surface area contributed by atoms with Crippen LogP contribution in [0.2, 0.25) is 0 Å². The molecule has 0 radical (unpaired) electrons. The van der Waals surface area contributed by atoms with Gasteiger partial charge in [-0.1, -0.05) is 6.07 Å². The van der Waals surface area contributed by atoms with Gasteiger partial charge in [0.25, 0.3) is 0 Å². The molecule has 2 rings (SSSR count). The molecule has 0 aromatic carbocycles. The molecule has 24 heavy (non-hydrogen) atoms. The standard InChI is InChI=1S/C16H22N4O3.HI/c1-17-16(20-12-14-6-4-8-22-14)19-11-13-5-3-7-18-15(13)23-10-9-21-2;/h3-8H,9-12H2,1-2H3,(H2,17,19,20);1H. The minimum atomic E-state index is 0. The van der Waals surface area contributed by atoms with Crippen LogP contribution < -0.4 is 15.4 Å². The summed E-state index contributed by atoms with van der Waals surface area (Å²) in [6.07, 6.45) is 3.35. The Balaban J connectivity index is 0.00000288. The minimum Gasteiger partial charge on any atom is -0.475 e. The Labute approximate surface area is 158 Å². The number of furan rings is 1. The first-order chi connectivity index (χ1) is 11.3. The van der Waals surface area contributed by atoms with Gasteiger partial charge >= 0.3 is 0 Å². The van der Waals surface area contributed by atoms with E-state index in [1.54, 1.807) is 26.6 Å². The summed E-state index contributed by atoms with van der Waals surface area (Å²) >= 11 is 0. The summed E-state index contributed by atoms with van der Waals surface area (Å²) < 4.78 is 15.9. The number of methoxy groups -OCH3 is 1. The number of rotatable bonds is 8. The first-order valence-corrected chi connectivity index (χ1v) is 7.36. The number of pyridine rings is 1. The molecule has 7 nitrogen and oxygen atoms in total. The molecule has 2 heterocycles. The maximum Gasteiger partial charge on any atom is 0.218 e. The van der Waals surface area contributed by atoms with Crippen molar-refractivity contribution in [1.82, 2.24) is 15.6 Å². The molecule has 0 aliphatic carbocycles. The molecule has 2 N–H and O–H groups in total. The zero-order chi connectivity index (χ0) is 16.3. The van der Waals surface area contributed by atoms with Gasteiger partial charge in [-0.25, -0.2) is 4.98 Å². The van der Waals surface area contributed by atoms with Crippen LogP contribution in [0, 0.1) is 0 Å². The van der Waals surface area contributed by atoms with Gasteiger partial charge < -0.3 is 24.5 Å². The third-order valence-electron chi connectivity index (χ3n) is 3.06. The minimum absolute atomic E-state index is 0. The number of aliphatic imine (C=N–C) groups is 1. The lowest BCUT2D eigenvalue weighted by molar-refractivity contribution is 0.143. The quantitative estimate of drug-likeness (QED) is 0.280. The van der Waals surface area contributed by atoms with Crippen molar-refractivity contribution in [2.24, 2.45) is 4.99 Å². The maximum absolute atomic E-state index is 5.61. The van der Waals surface area contributed by atoms with Crippen molar-refractivity contribution in [3.63, 3.8) is 0 Å². The molecule has 0 aliphatic rings. The Morgan fingerprint density at radius 3 is 2.75 bits per heavy atom. The lowest BCUT2D eigenvalue weighted by Crippen LogP contribution is -2.36. The molecule has 132 valence electrons. The molecule has 0 saturated carbocycles. The van der Waals surface area contributed by atoms with Crippen molar-refractivity contribution in [3.8, 4) is 5.88 Å². The van der Waals surface area contributed by atoms with Gasteiger partial charge in [-0.15, -0.1) is 24.0 Å². The Morgan fingerprint density at radius 2 is 2.04 bits per heavy atom. The highest BCUT2D eigenvalue weighted by Gasteiger charge is 2.06. The molecule has 2 aromatic heterocycles. The Morgan fingerprint density at radius 1 is 1.21 bits per heavy atom. The highest BCUT2D eigenvalue weighted by atomic mass is 127. The average molecular weight is 446 g/mol. The predicted molar refractivity (Wildman–Crippen MR) is 103 cm³/mol. The summed E-state index contributed by atoms with van der Waals surface area (Å²) in [5.74, 6) is 2.12. The van der Waals surface area contributed by atoms with Crippen LogP contribution in [0.5, 0.6) is 5.88 Å². The summed E-state index contributed by atoms with van der Waals surface area (Å²) in [7, 11) is 3.36. The van der Waals surface area contributed by atoms with Gasteiger partial charge in [0.15, 0.2) is 5.96 Å². The molecule has 0 bridgehead atoms. The molecule has 2 aromatic rings. The van der Waals surface area contributed by atoms with E-state index in [2.05, 4.69) is 20.6 Å². The number of nitrogens with one attached hydrogen (secondary N) is 2. The van der Waals surface area contributed by atoms with Crippen molar-refractivity contribution in [1.29, 1.82) is 0 Å². The molecule has 0 aliphatic heterocycles. The Kier molecular flexibility index (Phi) is 9.85. The molecular weight excluding hydrogens is 423 g/mol. The van der Waals surface area contributed by atoms with Gasteiger partial charge in [0.1, 0.15) is 12.4 Å². The monoisotopic (exact) mass is 446 g/mol. The van der Waals surface area contributed by atoms with Crippen LogP contribution >= 0.6 is 24.0 Å². The molecule has 0 spiro atoms. The van der Waals surface area contributed by atoms with E-state index in [0.29, 0.717) is 38.1 Å². The van der Waals surface area contributed by atoms with Gasteiger partial charge in [-0.3, -0.25) is 4.99 Å². The first-order valence-electron chi connectivity index (χ1n) is 7.36. The van der Waals surface area contributed by atoms with E-state index in [0.717, 1.165) is 11.3 Å². The summed E-state index contributed by atoms with van der Waals surface area (Å²) in [5.41, 5.74) is 0.949. The molecule has 0 fully saturated rings. The van der Waals surface area contributed by atoms with Crippen molar-refractivity contribution in [2.75, 3.05) is 27.4 Å². The lowest BCUT2D eigenvalue weighted by Gasteiger charge is -2.13. The normalized spacial score (nSPS) is 10.8. The topological polar surface area (TPSA) is 80.9 Å². The second kappa shape index (κ2) is 11.7. The average Bonchev–Trinajstić information content (AvgIpc) is 3.10. The Bertz CT molecular complexity index is 605. The van der Waals surface area contributed by atoms with Crippen molar-refractivity contribution < 1.29 is 13.9 Å². The zero-order valence-electron chi connectivity index (χ0n) is 13.8. The van der Waals surface area contributed by atoms with Crippen LogP contribution in [0.1, 0.15) is 11.3 Å². The van der Waals surface area contributed by atoms with Crippen LogP contribution in [0.3, 0.4) is 0 Å². The second-order valence-corrected chi connectivity index (χ2v) is 4.67. The maximum atomic E-state index is 5.61. The number of hydrogen-bond donors (Lipinski definition) is 2. The van der Waals surface area contributed by atoms with Crippen molar-refractivity contribution >= 4 is 29.9 Å². The van der Waals surface area contributed by atoms with Crippen LogP contribution in [-0.2, 0) is 17.8 Å². The lowest BCUT2D eigenvalue weighted by atomic mass is 10.2. The highest BCUT2D eigenvalue weighted by molar-refractivity contribution is 14.0. The SMILES string of the molecule is CN=C(NCc1ccco1)NCc1cccnc1OCCOC.I. The molecule has 0 atom stereocenters. The van der Waals surface area contributed by atoms with Crippen molar-refractivity contribution in [2.45, 2.75) is 13.1 Å². The first kappa shape index (κ1) is 20.2. The smallest absolute Gasteiger partial charge is 0.218 e. The van der Waals surface area contributed by atoms with Crippen LogP contribution in [0.4, 0.5) is 0 Å². The van der Waals surface area contributed by atoms with Gasteiger partial charge in [0, 0.05) is 32.5 Å². The molecule has 0 saturated heterocycles. The van der Waals surface area contributed by atoms with E-state index in [-0.39, 0.29) is 24.0 Å². The van der Waals surface area contributed by atoms with Crippen LogP contribution in [0.25, 0.3) is 0 Å². The number of ether oxygens (including phenoxy) is 2. The third-order valence-corrected chi connectivity index (χ3v) is 3.06. The van der Waals surface area contributed by atoms with Gasteiger partial charge in [-0.2, -0.15) is 0 Å². The largest absolute Gasteiger partial charge is 0.475 e. The summed E-state index contributed by atoms with van der Waals surface area (Å²) in [6, 6.07) is 7.59. The fourth-order valence-electron chi connectivity index (χ4n) is 1.89. The number of aromatic nitrogens is 1. The van der Waals surface area contributed by atoms with E-state index in [1.165, 1.54) is 0 Å². The Hall–Kier alpha value is -1.81. The van der Waals surface area contributed by atoms with Crippen LogP contribution in [-0.4, -0.2) is 38.3 Å². The van der Waals surface area contributed by atoms with E-state index >= 15 is 0 Å². The van der Waals surface area contributed by atoms with Gasteiger partial charge in [0.05, 0.1) is 19.4 Å². The predicted octanol–water partition coefficient (Wildman–Crippen LogP) is 2.18. The van der Waals surface area contributed by atoms with Crippen LogP contribution in [0.15, 0.2) is 46.1 Å². The van der Waals surface area contributed by atoms with E-state index in [1.807, 2.05) is 24.3 Å². The molecular formula is C16H23IN4O3. The number of nitrogens with zero attached hydrogens (tertiary/aromatic N) is 2. The van der Waals surface area contributed by atoms with E-state index in [4.69, 9.17) is 13.9 Å². The fourth-order valence-corrected chi connectivity index (χ4v) is 1.89. The highest BCUT2D eigenvalue weighted by Crippen LogP contribution is 2.13. The summed E-state index contributed by atoms with van der Waals surface area (Å²) in [6.45, 7) is 2.10. The van der Waals surface area contributed by atoms with Crippen molar-refractivity contribution in [3.05, 3.63) is 48.0 Å². The fraction of sp³-hybridized carbons (Fsp3) is 0.375. The van der Waals surface area contributed by atoms with Gasteiger partial charge in [-0.05, 0) is 18.2 Å². The van der Waals surface area contributed by atoms with E-state index in [9.17, 15) is 0 Å². The second-order valence-electron chi connectivity index (χ2n) is 4.67. The number of halogens is 1. The zero-order valence-corrected chi connectivity index (χ0v) is 16.2. The number of hydrogen-bond acceptors (Lipinski definition) is 5. The third kappa shape index (κ3) is 6.75. The molecule has 0 unspecified atom stereocenters. The molecule has 8 heteroatoms. The van der Waals surface area contributed by atoms with E-state index < -0.39 is 0 Å². The summed E-state index contributed by atoms with van der Waals surface area (Å²) in [4.78, 5) is 8.43.